The van der Waals surface area contributed by atoms with Crippen LogP contribution in [0.25, 0.3) is 10.9 Å². The van der Waals surface area contributed by atoms with E-state index < -0.39 is 17.4 Å². The van der Waals surface area contributed by atoms with Crippen LogP contribution in [0.4, 0.5) is 5.69 Å². The predicted molar refractivity (Wildman–Crippen MR) is 102 cm³/mol. The van der Waals surface area contributed by atoms with E-state index in [0.29, 0.717) is 16.6 Å². The number of benzene rings is 2. The van der Waals surface area contributed by atoms with Gasteiger partial charge in [0.1, 0.15) is 0 Å². The first kappa shape index (κ1) is 17.6. The third kappa shape index (κ3) is 3.27. The van der Waals surface area contributed by atoms with Crippen molar-refractivity contribution < 1.29 is 9.59 Å². The third-order valence-electron chi connectivity index (χ3n) is 3.94. The lowest BCUT2D eigenvalue weighted by molar-refractivity contribution is -0.133. The van der Waals surface area contributed by atoms with Crippen LogP contribution in [-0.4, -0.2) is 21.5 Å². The monoisotopic (exact) mass is 368 g/mol. The number of para-hydroxylation sites is 2. The summed E-state index contributed by atoms with van der Waals surface area (Å²) < 4.78 is 0.839. The Kier molecular flexibility index (Phi) is 4.68. The van der Waals surface area contributed by atoms with Crippen molar-refractivity contribution in [3.63, 3.8) is 0 Å². The molecule has 0 atom stereocenters. The smallest absolute Gasteiger partial charge is 0.328 e. The van der Waals surface area contributed by atoms with Gasteiger partial charge in [-0.3, -0.25) is 14.4 Å². The van der Waals surface area contributed by atoms with Crippen LogP contribution in [-0.2, 0) is 9.59 Å². The molecule has 132 valence electrons. The minimum atomic E-state index is -0.996. The molecule has 26 heavy (non-hydrogen) atoms. The van der Waals surface area contributed by atoms with Crippen molar-refractivity contribution in [2.45, 2.75) is 13.8 Å². The van der Waals surface area contributed by atoms with E-state index in [1.165, 1.54) is 0 Å². The number of anilines is 1. The fourth-order valence-corrected chi connectivity index (χ4v) is 2.84. The summed E-state index contributed by atoms with van der Waals surface area (Å²) in [4.78, 5) is 39.8. The zero-order chi connectivity index (χ0) is 18.8. The predicted octanol–water partition coefficient (Wildman–Crippen LogP) is 2.38. The topological polar surface area (TPSA) is 96.0 Å². The SMILES string of the molecule is Cc1cccc(C)c1NC(=O)C(=O)Nn1c(=S)[nH]c2ccccc2c1=O. The molecule has 0 fully saturated rings. The average Bonchev–Trinajstić information content (AvgIpc) is 2.61. The molecule has 0 saturated heterocycles. The van der Waals surface area contributed by atoms with Crippen molar-refractivity contribution in [1.29, 1.82) is 0 Å². The summed E-state index contributed by atoms with van der Waals surface area (Å²) >= 11 is 5.10. The molecule has 7 nitrogen and oxygen atoms in total. The highest BCUT2D eigenvalue weighted by Gasteiger charge is 2.18. The lowest BCUT2D eigenvalue weighted by Gasteiger charge is -2.12. The minimum absolute atomic E-state index is 0.0121. The number of aromatic nitrogens is 2. The van der Waals surface area contributed by atoms with Crippen molar-refractivity contribution in [1.82, 2.24) is 9.66 Å². The van der Waals surface area contributed by atoms with E-state index in [1.807, 2.05) is 32.0 Å². The van der Waals surface area contributed by atoms with Crippen LogP contribution in [0.5, 0.6) is 0 Å². The maximum absolute atomic E-state index is 12.5. The molecule has 0 bridgehead atoms. The molecule has 0 aliphatic heterocycles. The van der Waals surface area contributed by atoms with Gasteiger partial charge in [-0.05, 0) is 49.3 Å². The molecule has 0 aliphatic carbocycles. The van der Waals surface area contributed by atoms with Crippen LogP contribution < -0.4 is 16.3 Å². The number of carbonyl (C=O) groups excluding carboxylic acids is 2. The standard InChI is InChI=1S/C18H16N4O3S/c1-10-6-5-7-11(2)14(10)20-15(23)16(24)21-22-17(25)12-8-3-4-9-13(12)19-18(22)26/h3-9H,1-2H3,(H,19,26)(H,20,23)(H,21,24). The summed E-state index contributed by atoms with van der Waals surface area (Å²) in [5, 5.41) is 2.91. The van der Waals surface area contributed by atoms with E-state index in [9.17, 15) is 14.4 Å². The summed E-state index contributed by atoms with van der Waals surface area (Å²) in [5.74, 6) is -1.89. The second-order valence-electron chi connectivity index (χ2n) is 5.78. The van der Waals surface area contributed by atoms with Crippen LogP contribution in [0, 0.1) is 18.6 Å². The fraction of sp³-hybridized carbons (Fsp3) is 0.111. The van der Waals surface area contributed by atoms with Crippen LogP contribution in [0.2, 0.25) is 0 Å². The molecular formula is C18H16N4O3S. The van der Waals surface area contributed by atoms with Crippen LogP contribution in [0.15, 0.2) is 47.3 Å². The second-order valence-corrected chi connectivity index (χ2v) is 6.16. The highest BCUT2D eigenvalue weighted by atomic mass is 32.1. The number of nitrogens with one attached hydrogen (secondary N) is 3. The van der Waals surface area contributed by atoms with Crippen LogP contribution in [0.1, 0.15) is 11.1 Å². The molecule has 0 unspecified atom stereocenters. The van der Waals surface area contributed by atoms with Gasteiger partial charge in [0, 0.05) is 5.69 Å². The number of fused-ring (bicyclic) bond motifs is 1. The summed E-state index contributed by atoms with van der Waals surface area (Å²) in [5.41, 5.74) is 4.49. The first-order valence-corrected chi connectivity index (χ1v) is 8.22. The summed E-state index contributed by atoms with van der Waals surface area (Å²) in [7, 11) is 0. The van der Waals surface area contributed by atoms with Crippen molar-refractivity contribution in [2.75, 3.05) is 10.7 Å². The van der Waals surface area contributed by atoms with Crippen LogP contribution in [0.3, 0.4) is 0 Å². The Labute approximate surface area is 153 Å². The Morgan fingerprint density at radius 3 is 2.35 bits per heavy atom. The number of H-pyrrole nitrogens is 1. The number of amides is 2. The number of hydrogen-bond donors (Lipinski definition) is 3. The van der Waals surface area contributed by atoms with E-state index in [1.54, 1.807) is 24.3 Å². The number of rotatable bonds is 2. The first-order valence-electron chi connectivity index (χ1n) is 7.81. The van der Waals surface area contributed by atoms with Gasteiger partial charge in [-0.25, -0.2) is 5.43 Å². The highest BCUT2D eigenvalue weighted by Crippen LogP contribution is 2.19. The van der Waals surface area contributed by atoms with Crippen molar-refractivity contribution in [3.8, 4) is 0 Å². The van der Waals surface area contributed by atoms with E-state index in [2.05, 4.69) is 15.7 Å². The van der Waals surface area contributed by atoms with Gasteiger partial charge < -0.3 is 10.3 Å². The first-order chi connectivity index (χ1) is 12.4. The number of nitrogens with zero attached hydrogens (tertiary/aromatic N) is 1. The maximum atomic E-state index is 12.5. The van der Waals surface area contributed by atoms with Gasteiger partial charge in [-0.2, -0.15) is 4.68 Å². The summed E-state index contributed by atoms with van der Waals surface area (Å²) in [6.07, 6.45) is 0. The number of carbonyl (C=O) groups is 2. The van der Waals surface area contributed by atoms with Gasteiger partial charge in [0.05, 0.1) is 10.9 Å². The van der Waals surface area contributed by atoms with Crippen LogP contribution >= 0.6 is 12.2 Å². The summed E-state index contributed by atoms with van der Waals surface area (Å²) in [6, 6.07) is 12.3. The zero-order valence-corrected chi connectivity index (χ0v) is 14.9. The van der Waals surface area contributed by atoms with E-state index in [-0.39, 0.29) is 4.77 Å². The summed E-state index contributed by atoms with van der Waals surface area (Å²) in [6.45, 7) is 3.65. The maximum Gasteiger partial charge on any atom is 0.328 e. The quantitative estimate of drug-likeness (QED) is 0.478. The molecule has 8 heteroatoms. The van der Waals surface area contributed by atoms with E-state index in [0.717, 1.165) is 15.8 Å². The third-order valence-corrected chi connectivity index (χ3v) is 4.23. The fourth-order valence-electron chi connectivity index (χ4n) is 2.60. The Balaban J connectivity index is 1.89. The molecule has 2 amide bonds. The molecule has 2 aromatic carbocycles. The van der Waals surface area contributed by atoms with Crippen molar-refractivity contribution >= 4 is 40.6 Å². The van der Waals surface area contributed by atoms with Crippen molar-refractivity contribution in [2.24, 2.45) is 0 Å². The molecule has 0 aliphatic rings. The molecule has 3 rings (SSSR count). The Morgan fingerprint density at radius 2 is 1.65 bits per heavy atom. The molecule has 1 aromatic heterocycles. The lowest BCUT2D eigenvalue weighted by atomic mass is 10.1. The number of aryl methyl sites for hydroxylation is 2. The van der Waals surface area contributed by atoms with Crippen molar-refractivity contribution in [3.05, 3.63) is 68.7 Å². The molecule has 3 aromatic rings. The Hall–Kier alpha value is -3.26. The van der Waals surface area contributed by atoms with E-state index in [4.69, 9.17) is 12.2 Å². The molecular weight excluding hydrogens is 352 g/mol. The van der Waals surface area contributed by atoms with Gasteiger partial charge >= 0.3 is 11.8 Å². The van der Waals surface area contributed by atoms with E-state index >= 15 is 0 Å². The number of hydrogen-bond acceptors (Lipinski definition) is 4. The Bertz CT molecular complexity index is 1130. The van der Waals surface area contributed by atoms with Gasteiger partial charge in [-0.15, -0.1) is 0 Å². The zero-order valence-electron chi connectivity index (χ0n) is 14.1. The highest BCUT2D eigenvalue weighted by molar-refractivity contribution is 7.71. The molecule has 1 heterocycles. The molecule has 0 radical (unpaired) electrons. The molecule has 3 N–H and O–H groups in total. The minimum Gasteiger partial charge on any atom is -0.330 e. The Morgan fingerprint density at radius 1 is 1.00 bits per heavy atom. The van der Waals surface area contributed by atoms with Gasteiger partial charge in [0.2, 0.25) is 0 Å². The largest absolute Gasteiger partial charge is 0.330 e. The average molecular weight is 368 g/mol. The number of aromatic amines is 1. The lowest BCUT2D eigenvalue weighted by Crippen LogP contribution is -2.40. The molecule has 0 saturated carbocycles. The van der Waals surface area contributed by atoms with Gasteiger partial charge in [-0.1, -0.05) is 30.3 Å². The van der Waals surface area contributed by atoms with Gasteiger partial charge in [0.25, 0.3) is 5.56 Å². The second kappa shape index (κ2) is 6.93. The van der Waals surface area contributed by atoms with Gasteiger partial charge in [0.15, 0.2) is 4.77 Å². The normalized spacial score (nSPS) is 10.5. The molecule has 0 spiro atoms.